The largest absolute Gasteiger partial charge is 0.467 e. The molecule has 24 heavy (non-hydrogen) atoms. The summed E-state index contributed by atoms with van der Waals surface area (Å²) in [5.41, 5.74) is 1.38. The molecule has 6 heteroatoms. The van der Waals surface area contributed by atoms with Gasteiger partial charge in [0.2, 0.25) is 0 Å². The van der Waals surface area contributed by atoms with Crippen LogP contribution in [0.15, 0.2) is 58.5 Å². The fourth-order valence-electron chi connectivity index (χ4n) is 2.38. The second-order valence-corrected chi connectivity index (χ2v) is 6.40. The van der Waals surface area contributed by atoms with Crippen LogP contribution in [0.5, 0.6) is 0 Å². The van der Waals surface area contributed by atoms with Crippen LogP contribution >= 0.6 is 11.3 Å². The highest BCUT2D eigenvalue weighted by molar-refractivity contribution is 7.13. The molecule has 0 saturated heterocycles. The van der Waals surface area contributed by atoms with Crippen molar-refractivity contribution in [2.45, 2.75) is 25.5 Å². The third-order valence-corrected chi connectivity index (χ3v) is 4.47. The molecular formula is C18H18N2O3S. The van der Waals surface area contributed by atoms with E-state index in [1.807, 2.05) is 37.3 Å². The number of aliphatic hydroxyl groups excluding tert-OH is 1. The van der Waals surface area contributed by atoms with Crippen molar-refractivity contribution >= 4 is 17.2 Å². The van der Waals surface area contributed by atoms with Crippen LogP contribution in [-0.4, -0.2) is 22.0 Å². The molecule has 2 unspecified atom stereocenters. The summed E-state index contributed by atoms with van der Waals surface area (Å²) < 4.78 is 5.16. The third-order valence-electron chi connectivity index (χ3n) is 3.58. The van der Waals surface area contributed by atoms with Crippen molar-refractivity contribution in [3.63, 3.8) is 0 Å². The molecule has 1 amide bonds. The highest BCUT2D eigenvalue weighted by Gasteiger charge is 2.18. The quantitative estimate of drug-likeness (QED) is 0.717. The van der Waals surface area contributed by atoms with Gasteiger partial charge in [0.15, 0.2) is 0 Å². The van der Waals surface area contributed by atoms with Crippen LogP contribution < -0.4 is 5.32 Å². The summed E-state index contributed by atoms with van der Waals surface area (Å²) in [4.78, 5) is 16.7. The molecule has 0 fully saturated rings. The molecule has 2 heterocycles. The van der Waals surface area contributed by atoms with E-state index in [1.165, 1.54) is 17.6 Å². The molecule has 3 aromatic rings. The van der Waals surface area contributed by atoms with Crippen LogP contribution in [0.2, 0.25) is 0 Å². The Bertz CT molecular complexity index is 784. The highest BCUT2D eigenvalue weighted by Crippen LogP contribution is 2.23. The second-order valence-electron chi connectivity index (χ2n) is 5.55. The Morgan fingerprint density at radius 2 is 2.08 bits per heavy atom. The van der Waals surface area contributed by atoms with Gasteiger partial charge in [0.1, 0.15) is 22.6 Å². The van der Waals surface area contributed by atoms with Gasteiger partial charge in [0.05, 0.1) is 6.26 Å². The standard InChI is InChI=1S/C18H18N2O3S/c1-12(10-15(21)16-8-5-9-23-16)19-17(22)14-11-24-18(20-14)13-6-3-2-4-7-13/h2-9,11-12,15,21H,10H2,1H3,(H,19,22). The van der Waals surface area contributed by atoms with E-state index in [2.05, 4.69) is 10.3 Å². The molecule has 0 radical (unpaired) electrons. The Morgan fingerprint density at radius 1 is 1.29 bits per heavy atom. The number of amides is 1. The average molecular weight is 342 g/mol. The van der Waals surface area contributed by atoms with Crippen LogP contribution in [0.4, 0.5) is 0 Å². The summed E-state index contributed by atoms with van der Waals surface area (Å²) in [5.74, 6) is 0.253. The Labute approximate surface area is 144 Å². The summed E-state index contributed by atoms with van der Waals surface area (Å²) in [5, 5.41) is 15.5. The topological polar surface area (TPSA) is 75.4 Å². The summed E-state index contributed by atoms with van der Waals surface area (Å²) in [7, 11) is 0. The van der Waals surface area contributed by atoms with Crippen molar-refractivity contribution in [1.82, 2.24) is 10.3 Å². The van der Waals surface area contributed by atoms with Crippen LogP contribution in [0.3, 0.4) is 0 Å². The normalized spacial score (nSPS) is 13.4. The van der Waals surface area contributed by atoms with Crippen molar-refractivity contribution in [2.24, 2.45) is 0 Å². The lowest BCUT2D eigenvalue weighted by molar-refractivity contribution is 0.0899. The van der Waals surface area contributed by atoms with Gasteiger partial charge in [-0.3, -0.25) is 4.79 Å². The zero-order valence-corrected chi connectivity index (χ0v) is 14.0. The monoisotopic (exact) mass is 342 g/mol. The molecular weight excluding hydrogens is 324 g/mol. The lowest BCUT2D eigenvalue weighted by atomic mass is 10.1. The zero-order valence-electron chi connectivity index (χ0n) is 13.2. The molecule has 0 aliphatic heterocycles. The van der Waals surface area contributed by atoms with Gasteiger partial charge >= 0.3 is 0 Å². The van der Waals surface area contributed by atoms with Crippen molar-refractivity contribution in [3.05, 3.63) is 65.6 Å². The predicted molar refractivity (Wildman–Crippen MR) is 92.8 cm³/mol. The summed E-state index contributed by atoms with van der Waals surface area (Å²) in [6, 6.07) is 13.0. The lowest BCUT2D eigenvalue weighted by Gasteiger charge is -2.16. The minimum atomic E-state index is -0.745. The Balaban J connectivity index is 1.60. The van der Waals surface area contributed by atoms with E-state index in [4.69, 9.17) is 4.42 Å². The number of benzene rings is 1. The first kappa shape index (κ1) is 16.4. The minimum absolute atomic E-state index is 0.209. The number of rotatable bonds is 6. The number of hydrogen-bond acceptors (Lipinski definition) is 5. The van der Waals surface area contributed by atoms with Crippen molar-refractivity contribution in [3.8, 4) is 10.6 Å². The van der Waals surface area contributed by atoms with Crippen LogP contribution in [0.1, 0.15) is 35.7 Å². The number of nitrogens with zero attached hydrogens (tertiary/aromatic N) is 1. The number of hydrogen-bond donors (Lipinski definition) is 2. The summed E-state index contributed by atoms with van der Waals surface area (Å²) in [6.07, 6.45) is 1.14. The van der Waals surface area contributed by atoms with E-state index in [1.54, 1.807) is 17.5 Å². The molecule has 0 aliphatic carbocycles. The van der Waals surface area contributed by atoms with Crippen LogP contribution in [-0.2, 0) is 0 Å². The molecule has 0 aliphatic rings. The lowest BCUT2D eigenvalue weighted by Crippen LogP contribution is -2.33. The Hall–Kier alpha value is -2.44. The Morgan fingerprint density at radius 3 is 2.79 bits per heavy atom. The molecule has 1 aromatic carbocycles. The van der Waals surface area contributed by atoms with Gasteiger partial charge in [-0.2, -0.15) is 0 Å². The first-order valence-corrected chi connectivity index (χ1v) is 8.54. The molecule has 2 N–H and O–H groups in total. The molecule has 5 nitrogen and oxygen atoms in total. The van der Waals surface area contributed by atoms with Crippen molar-refractivity contribution < 1.29 is 14.3 Å². The minimum Gasteiger partial charge on any atom is -0.467 e. The molecule has 0 saturated carbocycles. The highest BCUT2D eigenvalue weighted by atomic mass is 32.1. The second kappa shape index (κ2) is 7.42. The molecule has 0 spiro atoms. The van der Waals surface area contributed by atoms with Gasteiger partial charge in [-0.1, -0.05) is 30.3 Å². The van der Waals surface area contributed by atoms with E-state index in [-0.39, 0.29) is 11.9 Å². The molecule has 0 bridgehead atoms. The summed E-state index contributed by atoms with van der Waals surface area (Å²) >= 11 is 1.43. The van der Waals surface area contributed by atoms with E-state index < -0.39 is 6.10 Å². The van der Waals surface area contributed by atoms with Gasteiger partial charge in [0, 0.05) is 23.4 Å². The van der Waals surface area contributed by atoms with Gasteiger partial charge in [-0.15, -0.1) is 11.3 Å². The maximum absolute atomic E-state index is 12.3. The van der Waals surface area contributed by atoms with Crippen molar-refractivity contribution in [1.29, 1.82) is 0 Å². The smallest absolute Gasteiger partial charge is 0.270 e. The van der Waals surface area contributed by atoms with Gasteiger partial charge in [-0.25, -0.2) is 4.98 Å². The number of carbonyl (C=O) groups is 1. The zero-order chi connectivity index (χ0) is 16.9. The average Bonchev–Trinajstić information content (AvgIpc) is 3.27. The number of nitrogens with one attached hydrogen (secondary N) is 1. The van der Waals surface area contributed by atoms with Crippen LogP contribution in [0.25, 0.3) is 10.6 Å². The predicted octanol–water partition coefficient (Wildman–Crippen LogP) is 3.65. The molecule has 2 atom stereocenters. The molecule has 3 rings (SSSR count). The van der Waals surface area contributed by atoms with E-state index in [0.717, 1.165) is 10.6 Å². The summed E-state index contributed by atoms with van der Waals surface area (Å²) in [6.45, 7) is 1.84. The first-order chi connectivity index (χ1) is 11.6. The first-order valence-electron chi connectivity index (χ1n) is 7.67. The van der Waals surface area contributed by atoms with E-state index in [0.29, 0.717) is 17.9 Å². The SMILES string of the molecule is CC(CC(O)c1ccco1)NC(=O)c1csc(-c2ccccc2)n1. The fourth-order valence-corrected chi connectivity index (χ4v) is 3.19. The van der Waals surface area contributed by atoms with Gasteiger partial charge in [0.25, 0.3) is 5.91 Å². The van der Waals surface area contributed by atoms with E-state index in [9.17, 15) is 9.90 Å². The fraction of sp³-hybridized carbons (Fsp3) is 0.222. The number of aliphatic hydroxyl groups is 1. The maximum Gasteiger partial charge on any atom is 0.270 e. The van der Waals surface area contributed by atoms with E-state index >= 15 is 0 Å². The van der Waals surface area contributed by atoms with Gasteiger partial charge < -0.3 is 14.8 Å². The number of carbonyl (C=O) groups excluding carboxylic acids is 1. The Kier molecular flexibility index (Phi) is 5.08. The number of aromatic nitrogens is 1. The molecule has 124 valence electrons. The van der Waals surface area contributed by atoms with Crippen molar-refractivity contribution in [2.75, 3.05) is 0 Å². The van der Waals surface area contributed by atoms with Gasteiger partial charge in [-0.05, 0) is 19.1 Å². The maximum atomic E-state index is 12.3. The number of thiazole rings is 1. The third kappa shape index (κ3) is 3.90. The number of furan rings is 1. The van der Waals surface area contributed by atoms with Crippen LogP contribution in [0, 0.1) is 0 Å². The molecule has 2 aromatic heterocycles.